The van der Waals surface area contributed by atoms with Crippen LogP contribution < -0.4 is 0 Å². The molecule has 0 heterocycles. The zero-order valence-electron chi connectivity index (χ0n) is 10.2. The molecule has 1 aliphatic carbocycles. The summed E-state index contributed by atoms with van der Waals surface area (Å²) in [6.07, 6.45) is 4.98. The largest absolute Gasteiger partial charge is 0.508 e. The van der Waals surface area contributed by atoms with Gasteiger partial charge in [0.15, 0.2) is 5.78 Å². The quantitative estimate of drug-likeness (QED) is 0.812. The average Bonchev–Trinajstić information content (AvgIpc) is 2.83. The van der Waals surface area contributed by atoms with Gasteiger partial charge in [-0.25, -0.2) is 0 Å². The number of benzene rings is 1. The minimum atomic E-state index is 0.124. The Balaban J connectivity index is 1.94. The summed E-state index contributed by atoms with van der Waals surface area (Å²) in [6.45, 7) is 0.468. The molecule has 0 atom stereocenters. The molecule has 0 aliphatic heterocycles. The van der Waals surface area contributed by atoms with Gasteiger partial charge in [-0.3, -0.25) is 9.69 Å². The van der Waals surface area contributed by atoms with Crippen molar-refractivity contribution >= 4 is 5.78 Å². The van der Waals surface area contributed by atoms with Gasteiger partial charge in [-0.1, -0.05) is 12.8 Å². The summed E-state index contributed by atoms with van der Waals surface area (Å²) in [4.78, 5) is 14.2. The first-order chi connectivity index (χ1) is 8.16. The highest BCUT2D eigenvalue weighted by Gasteiger charge is 2.21. The number of phenols is 1. The van der Waals surface area contributed by atoms with E-state index in [0.29, 0.717) is 18.2 Å². The standard InChI is InChI=1S/C14H19NO2/c1-15(12-4-2-3-5-12)10-14(17)11-6-8-13(16)9-7-11/h6-9,12,16H,2-5,10H2,1H3. The highest BCUT2D eigenvalue weighted by Crippen LogP contribution is 2.22. The fraction of sp³-hybridized carbons (Fsp3) is 0.500. The number of ketones is 1. The molecule has 92 valence electrons. The van der Waals surface area contributed by atoms with Gasteiger partial charge < -0.3 is 5.11 Å². The fourth-order valence-electron chi connectivity index (χ4n) is 2.44. The van der Waals surface area contributed by atoms with Crippen LogP contribution in [-0.2, 0) is 0 Å². The van der Waals surface area contributed by atoms with Crippen LogP contribution in [0, 0.1) is 0 Å². The van der Waals surface area contributed by atoms with Gasteiger partial charge in [-0.15, -0.1) is 0 Å². The molecule has 17 heavy (non-hydrogen) atoms. The van der Waals surface area contributed by atoms with Gasteiger partial charge in [0.05, 0.1) is 6.54 Å². The van der Waals surface area contributed by atoms with E-state index < -0.39 is 0 Å². The summed E-state index contributed by atoms with van der Waals surface area (Å²) in [6, 6.07) is 7.04. The van der Waals surface area contributed by atoms with E-state index in [-0.39, 0.29) is 11.5 Å². The van der Waals surface area contributed by atoms with Gasteiger partial charge in [0.1, 0.15) is 5.75 Å². The van der Waals surface area contributed by atoms with Crippen LogP contribution in [0.1, 0.15) is 36.0 Å². The third-order valence-electron chi connectivity index (χ3n) is 3.53. The Morgan fingerprint density at radius 1 is 1.29 bits per heavy atom. The van der Waals surface area contributed by atoms with Crippen molar-refractivity contribution in [1.82, 2.24) is 4.90 Å². The maximum Gasteiger partial charge on any atom is 0.176 e. The summed E-state index contributed by atoms with van der Waals surface area (Å²) in [5.74, 6) is 0.324. The van der Waals surface area contributed by atoms with Gasteiger partial charge >= 0.3 is 0 Å². The lowest BCUT2D eigenvalue weighted by atomic mass is 10.1. The van der Waals surface area contributed by atoms with Gasteiger partial charge in [-0.05, 0) is 44.2 Å². The van der Waals surface area contributed by atoms with E-state index in [1.165, 1.54) is 25.7 Å². The van der Waals surface area contributed by atoms with E-state index in [1.807, 2.05) is 7.05 Å². The number of carbonyl (C=O) groups excluding carboxylic acids is 1. The molecule has 1 aromatic carbocycles. The Morgan fingerprint density at radius 3 is 2.47 bits per heavy atom. The predicted molar refractivity (Wildman–Crippen MR) is 67.3 cm³/mol. The van der Waals surface area contributed by atoms with Crippen molar-refractivity contribution in [2.45, 2.75) is 31.7 Å². The van der Waals surface area contributed by atoms with E-state index in [0.717, 1.165) is 0 Å². The second-order valence-electron chi connectivity index (χ2n) is 4.82. The van der Waals surface area contributed by atoms with E-state index in [9.17, 15) is 9.90 Å². The lowest BCUT2D eigenvalue weighted by Gasteiger charge is -2.23. The molecular weight excluding hydrogens is 214 g/mol. The Labute approximate surface area is 102 Å². The SMILES string of the molecule is CN(CC(=O)c1ccc(O)cc1)C1CCCC1. The maximum atomic E-state index is 12.0. The topological polar surface area (TPSA) is 40.5 Å². The molecule has 2 rings (SSSR count). The normalized spacial score (nSPS) is 16.6. The van der Waals surface area contributed by atoms with Crippen LogP contribution in [-0.4, -0.2) is 35.4 Å². The number of Topliss-reactive ketones (excluding diaryl/α,β-unsaturated/α-hetero) is 1. The number of likely N-dealkylation sites (N-methyl/N-ethyl adjacent to an activating group) is 1. The third kappa shape index (κ3) is 3.07. The summed E-state index contributed by atoms with van der Waals surface area (Å²) >= 11 is 0. The molecule has 0 spiro atoms. The number of hydrogen-bond donors (Lipinski definition) is 1. The predicted octanol–water partition coefficient (Wildman–Crippen LogP) is 2.45. The monoisotopic (exact) mass is 233 g/mol. The van der Waals surface area contributed by atoms with Crippen LogP contribution in [0.3, 0.4) is 0 Å². The molecule has 0 radical (unpaired) electrons. The number of aromatic hydroxyl groups is 1. The minimum absolute atomic E-state index is 0.124. The smallest absolute Gasteiger partial charge is 0.176 e. The van der Waals surface area contributed by atoms with Crippen molar-refractivity contribution in [3.05, 3.63) is 29.8 Å². The van der Waals surface area contributed by atoms with Crippen molar-refractivity contribution in [3.8, 4) is 5.75 Å². The van der Waals surface area contributed by atoms with Crippen LogP contribution in [0.5, 0.6) is 5.75 Å². The Hall–Kier alpha value is -1.35. The van der Waals surface area contributed by atoms with Gasteiger partial charge in [0.25, 0.3) is 0 Å². The highest BCUT2D eigenvalue weighted by molar-refractivity contribution is 5.97. The molecule has 3 heteroatoms. The number of carbonyl (C=O) groups is 1. The summed E-state index contributed by atoms with van der Waals surface area (Å²) in [5.41, 5.74) is 0.674. The lowest BCUT2D eigenvalue weighted by molar-refractivity contribution is 0.0921. The number of nitrogens with zero attached hydrogens (tertiary/aromatic N) is 1. The fourth-order valence-corrected chi connectivity index (χ4v) is 2.44. The first-order valence-corrected chi connectivity index (χ1v) is 6.19. The number of hydrogen-bond acceptors (Lipinski definition) is 3. The van der Waals surface area contributed by atoms with Crippen molar-refractivity contribution in [3.63, 3.8) is 0 Å². The van der Waals surface area contributed by atoms with Crippen LogP contribution >= 0.6 is 0 Å². The summed E-state index contributed by atoms with van der Waals surface area (Å²) < 4.78 is 0. The molecule has 0 unspecified atom stereocenters. The molecule has 0 aromatic heterocycles. The Kier molecular flexibility index (Phi) is 3.79. The van der Waals surface area contributed by atoms with Crippen LogP contribution in [0.4, 0.5) is 0 Å². The molecule has 1 N–H and O–H groups in total. The summed E-state index contributed by atoms with van der Waals surface area (Å²) in [7, 11) is 2.02. The van der Waals surface area contributed by atoms with Crippen LogP contribution in [0.15, 0.2) is 24.3 Å². The van der Waals surface area contributed by atoms with Crippen molar-refractivity contribution in [1.29, 1.82) is 0 Å². The van der Waals surface area contributed by atoms with E-state index in [4.69, 9.17) is 0 Å². The van der Waals surface area contributed by atoms with E-state index in [2.05, 4.69) is 4.90 Å². The molecular formula is C14H19NO2. The Morgan fingerprint density at radius 2 is 1.88 bits per heavy atom. The molecule has 1 aliphatic rings. The first kappa shape index (κ1) is 12.1. The third-order valence-corrected chi connectivity index (χ3v) is 3.53. The molecule has 0 saturated heterocycles. The average molecular weight is 233 g/mol. The number of rotatable bonds is 4. The minimum Gasteiger partial charge on any atom is -0.508 e. The van der Waals surface area contributed by atoms with Crippen molar-refractivity contribution in [2.24, 2.45) is 0 Å². The maximum absolute atomic E-state index is 12.0. The Bertz CT molecular complexity index is 380. The zero-order valence-corrected chi connectivity index (χ0v) is 10.2. The van der Waals surface area contributed by atoms with Crippen LogP contribution in [0.2, 0.25) is 0 Å². The molecule has 0 amide bonds. The molecule has 3 nitrogen and oxygen atoms in total. The van der Waals surface area contributed by atoms with E-state index >= 15 is 0 Å². The second-order valence-corrected chi connectivity index (χ2v) is 4.82. The zero-order chi connectivity index (χ0) is 12.3. The second kappa shape index (κ2) is 5.32. The van der Waals surface area contributed by atoms with Gasteiger partial charge in [0.2, 0.25) is 0 Å². The van der Waals surface area contributed by atoms with Crippen molar-refractivity contribution < 1.29 is 9.90 Å². The molecule has 1 fully saturated rings. The van der Waals surface area contributed by atoms with Crippen LogP contribution in [0.25, 0.3) is 0 Å². The first-order valence-electron chi connectivity index (χ1n) is 6.19. The number of phenolic OH excluding ortho intramolecular Hbond substituents is 1. The highest BCUT2D eigenvalue weighted by atomic mass is 16.3. The van der Waals surface area contributed by atoms with E-state index in [1.54, 1.807) is 24.3 Å². The van der Waals surface area contributed by atoms with Gasteiger partial charge in [0, 0.05) is 11.6 Å². The summed E-state index contributed by atoms with van der Waals surface area (Å²) in [5, 5.41) is 9.17. The molecule has 0 bridgehead atoms. The molecule has 1 aromatic rings. The lowest BCUT2D eigenvalue weighted by Crippen LogP contribution is -2.34. The van der Waals surface area contributed by atoms with Crippen molar-refractivity contribution in [2.75, 3.05) is 13.6 Å². The van der Waals surface area contributed by atoms with Gasteiger partial charge in [-0.2, -0.15) is 0 Å². The molecule has 1 saturated carbocycles.